The number of piperidine rings is 1. The third-order valence-corrected chi connectivity index (χ3v) is 4.59. The van der Waals surface area contributed by atoms with Crippen molar-refractivity contribution in [1.82, 2.24) is 10.2 Å². The first-order chi connectivity index (χ1) is 9.70. The lowest BCUT2D eigenvalue weighted by Gasteiger charge is -2.40. The summed E-state index contributed by atoms with van der Waals surface area (Å²) in [6.07, 6.45) is 3.69. The molecular formula is C18H30N2. The summed E-state index contributed by atoms with van der Waals surface area (Å²) >= 11 is 0. The van der Waals surface area contributed by atoms with E-state index in [0.29, 0.717) is 6.04 Å². The summed E-state index contributed by atoms with van der Waals surface area (Å²) in [7, 11) is 0. The summed E-state index contributed by atoms with van der Waals surface area (Å²) in [4.78, 5) is 2.67. The van der Waals surface area contributed by atoms with E-state index in [1.807, 2.05) is 0 Å². The van der Waals surface area contributed by atoms with Crippen LogP contribution >= 0.6 is 0 Å². The number of likely N-dealkylation sites (tertiary alicyclic amines) is 1. The molecule has 1 saturated heterocycles. The summed E-state index contributed by atoms with van der Waals surface area (Å²) in [6, 6.07) is 12.2. The molecular weight excluding hydrogens is 244 g/mol. The molecule has 0 spiro atoms. The van der Waals surface area contributed by atoms with Gasteiger partial charge in [0.15, 0.2) is 0 Å². The minimum Gasteiger partial charge on any atom is -0.314 e. The zero-order valence-electron chi connectivity index (χ0n) is 13.3. The second-order valence-electron chi connectivity index (χ2n) is 6.36. The Labute approximate surface area is 124 Å². The fraction of sp³-hybridized carbons (Fsp3) is 0.667. The molecule has 20 heavy (non-hydrogen) atoms. The second kappa shape index (κ2) is 7.80. The van der Waals surface area contributed by atoms with Crippen molar-refractivity contribution in [2.75, 3.05) is 19.6 Å². The molecule has 0 saturated carbocycles. The maximum absolute atomic E-state index is 3.70. The zero-order valence-corrected chi connectivity index (χ0v) is 13.3. The smallest absolute Gasteiger partial charge is 0.0117 e. The van der Waals surface area contributed by atoms with Crippen LogP contribution in [0.4, 0.5) is 0 Å². The number of benzene rings is 1. The van der Waals surface area contributed by atoms with Gasteiger partial charge in [-0.1, -0.05) is 44.2 Å². The van der Waals surface area contributed by atoms with Gasteiger partial charge in [-0.05, 0) is 50.8 Å². The van der Waals surface area contributed by atoms with E-state index >= 15 is 0 Å². The maximum atomic E-state index is 3.70. The molecule has 2 rings (SSSR count). The van der Waals surface area contributed by atoms with Crippen LogP contribution in [0.2, 0.25) is 0 Å². The van der Waals surface area contributed by atoms with Crippen molar-refractivity contribution in [3.8, 4) is 0 Å². The lowest BCUT2D eigenvalue weighted by Crippen LogP contribution is -2.51. The van der Waals surface area contributed by atoms with Crippen molar-refractivity contribution in [3.63, 3.8) is 0 Å². The molecule has 1 N–H and O–H groups in total. The van der Waals surface area contributed by atoms with Crippen molar-refractivity contribution in [1.29, 1.82) is 0 Å². The number of nitrogens with one attached hydrogen (secondary N) is 1. The molecule has 1 heterocycles. The van der Waals surface area contributed by atoms with Crippen molar-refractivity contribution >= 4 is 0 Å². The first-order valence-corrected chi connectivity index (χ1v) is 8.22. The van der Waals surface area contributed by atoms with E-state index in [4.69, 9.17) is 0 Å². The van der Waals surface area contributed by atoms with Gasteiger partial charge < -0.3 is 5.32 Å². The zero-order chi connectivity index (χ0) is 14.4. The minimum absolute atomic E-state index is 0.645. The molecule has 2 heteroatoms. The van der Waals surface area contributed by atoms with Crippen LogP contribution in [0.5, 0.6) is 0 Å². The van der Waals surface area contributed by atoms with Crippen molar-refractivity contribution < 1.29 is 0 Å². The van der Waals surface area contributed by atoms with E-state index < -0.39 is 0 Å². The maximum Gasteiger partial charge on any atom is 0.0117 e. The van der Waals surface area contributed by atoms with Crippen molar-refractivity contribution in [3.05, 3.63) is 35.9 Å². The highest BCUT2D eigenvalue weighted by molar-refractivity contribution is 5.15. The van der Waals surface area contributed by atoms with Crippen LogP contribution in [0.1, 0.15) is 39.2 Å². The molecule has 0 amide bonds. The Hall–Kier alpha value is -0.860. The highest BCUT2D eigenvalue weighted by Gasteiger charge is 2.27. The van der Waals surface area contributed by atoms with E-state index in [9.17, 15) is 0 Å². The molecule has 3 unspecified atom stereocenters. The van der Waals surface area contributed by atoms with E-state index in [-0.39, 0.29) is 0 Å². The third kappa shape index (κ3) is 4.32. The van der Waals surface area contributed by atoms with Crippen LogP contribution in [-0.2, 0) is 6.42 Å². The lowest BCUT2D eigenvalue weighted by molar-refractivity contribution is 0.111. The van der Waals surface area contributed by atoms with Crippen molar-refractivity contribution in [2.24, 2.45) is 5.92 Å². The van der Waals surface area contributed by atoms with Gasteiger partial charge in [-0.25, -0.2) is 0 Å². The Morgan fingerprint density at radius 1 is 1.30 bits per heavy atom. The fourth-order valence-electron chi connectivity index (χ4n) is 3.30. The molecule has 3 atom stereocenters. The van der Waals surface area contributed by atoms with Gasteiger partial charge in [-0.2, -0.15) is 0 Å². The molecule has 0 aliphatic carbocycles. The highest BCUT2D eigenvalue weighted by Crippen LogP contribution is 2.20. The minimum atomic E-state index is 0.645. The molecule has 2 nitrogen and oxygen atoms in total. The largest absolute Gasteiger partial charge is 0.314 e. The van der Waals surface area contributed by atoms with Crippen LogP contribution in [0, 0.1) is 5.92 Å². The van der Waals surface area contributed by atoms with Crippen LogP contribution in [0.3, 0.4) is 0 Å². The Morgan fingerprint density at radius 3 is 2.70 bits per heavy atom. The van der Waals surface area contributed by atoms with Crippen molar-refractivity contribution in [2.45, 2.75) is 52.1 Å². The standard InChI is InChI=1S/C18H30N2/c1-4-11-19-18-10-12-20(14-15(18)2)16(3)13-17-8-6-5-7-9-17/h5-9,15-16,18-19H,4,10-14H2,1-3H3. The van der Waals surface area contributed by atoms with Gasteiger partial charge in [-0.3, -0.25) is 4.90 Å². The monoisotopic (exact) mass is 274 g/mol. The Kier molecular flexibility index (Phi) is 6.06. The summed E-state index contributed by atoms with van der Waals surface area (Å²) in [5, 5.41) is 3.70. The fourth-order valence-corrected chi connectivity index (χ4v) is 3.30. The number of hydrogen-bond donors (Lipinski definition) is 1. The molecule has 1 aromatic carbocycles. The van der Waals surface area contributed by atoms with Gasteiger partial charge in [-0.15, -0.1) is 0 Å². The van der Waals surface area contributed by atoms with E-state index in [2.05, 4.69) is 61.3 Å². The lowest BCUT2D eigenvalue weighted by atomic mass is 9.92. The second-order valence-corrected chi connectivity index (χ2v) is 6.36. The average Bonchev–Trinajstić information content (AvgIpc) is 2.47. The van der Waals surface area contributed by atoms with Crippen LogP contribution in [-0.4, -0.2) is 36.6 Å². The molecule has 1 aromatic rings. The van der Waals surface area contributed by atoms with Gasteiger partial charge in [0.2, 0.25) is 0 Å². The Balaban J connectivity index is 1.82. The normalized spacial score (nSPS) is 25.6. The third-order valence-electron chi connectivity index (χ3n) is 4.59. The highest BCUT2D eigenvalue weighted by atomic mass is 15.2. The number of hydrogen-bond acceptors (Lipinski definition) is 2. The van der Waals surface area contributed by atoms with E-state index in [1.54, 1.807) is 0 Å². The van der Waals surface area contributed by atoms with Gasteiger partial charge in [0.25, 0.3) is 0 Å². The summed E-state index contributed by atoms with van der Waals surface area (Å²) in [5.41, 5.74) is 1.46. The number of nitrogens with zero attached hydrogens (tertiary/aromatic N) is 1. The predicted molar refractivity (Wildman–Crippen MR) is 87.0 cm³/mol. The summed E-state index contributed by atoms with van der Waals surface area (Å²) < 4.78 is 0. The van der Waals surface area contributed by atoms with E-state index in [0.717, 1.165) is 18.5 Å². The van der Waals surface area contributed by atoms with Gasteiger partial charge in [0.05, 0.1) is 0 Å². The molecule has 0 radical (unpaired) electrons. The quantitative estimate of drug-likeness (QED) is 0.856. The van der Waals surface area contributed by atoms with Crippen LogP contribution in [0.15, 0.2) is 30.3 Å². The van der Waals surface area contributed by atoms with Crippen LogP contribution in [0.25, 0.3) is 0 Å². The number of rotatable bonds is 6. The average molecular weight is 274 g/mol. The van der Waals surface area contributed by atoms with Gasteiger partial charge in [0, 0.05) is 18.6 Å². The molecule has 0 bridgehead atoms. The Morgan fingerprint density at radius 2 is 2.05 bits per heavy atom. The van der Waals surface area contributed by atoms with Gasteiger partial charge >= 0.3 is 0 Å². The summed E-state index contributed by atoms with van der Waals surface area (Å²) in [6.45, 7) is 10.6. The summed E-state index contributed by atoms with van der Waals surface area (Å²) in [5.74, 6) is 0.758. The molecule has 1 fully saturated rings. The molecule has 1 aliphatic heterocycles. The van der Waals surface area contributed by atoms with Gasteiger partial charge in [0.1, 0.15) is 0 Å². The first-order valence-electron chi connectivity index (χ1n) is 8.22. The molecule has 0 aromatic heterocycles. The van der Waals surface area contributed by atoms with Crippen LogP contribution < -0.4 is 5.32 Å². The SMILES string of the molecule is CCCNC1CCN(C(C)Cc2ccccc2)CC1C. The first kappa shape index (κ1) is 15.5. The Bertz CT molecular complexity index is 376. The predicted octanol–water partition coefficient (Wildman–Crippen LogP) is 3.33. The molecule has 112 valence electrons. The van der Waals surface area contributed by atoms with E-state index in [1.165, 1.54) is 37.9 Å². The molecule has 1 aliphatic rings. The topological polar surface area (TPSA) is 15.3 Å².